The van der Waals surface area contributed by atoms with E-state index in [9.17, 15) is 13.2 Å². The van der Waals surface area contributed by atoms with E-state index in [4.69, 9.17) is 4.74 Å². The van der Waals surface area contributed by atoms with E-state index in [1.165, 1.54) is 24.3 Å². The average molecular weight is 511 g/mol. The van der Waals surface area contributed by atoms with Crippen molar-refractivity contribution >= 4 is 23.2 Å². The molecule has 11 heteroatoms. The molecule has 0 amide bonds. The molecule has 2 aliphatic rings. The third kappa shape index (κ3) is 5.60. The Morgan fingerprint density at radius 3 is 2.49 bits per heavy atom. The van der Waals surface area contributed by atoms with Crippen LogP contribution in [-0.4, -0.2) is 59.5 Å². The van der Waals surface area contributed by atoms with Crippen LogP contribution in [0.3, 0.4) is 0 Å². The number of fused-ring (bicyclic) bond motifs is 1. The van der Waals surface area contributed by atoms with Gasteiger partial charge in [0.25, 0.3) is 0 Å². The van der Waals surface area contributed by atoms with E-state index >= 15 is 0 Å². The predicted octanol–water partition coefficient (Wildman–Crippen LogP) is 4.58. The summed E-state index contributed by atoms with van der Waals surface area (Å²) in [6, 6.07) is 9.45. The largest absolute Gasteiger partial charge is 0.573 e. The first-order valence-corrected chi connectivity index (χ1v) is 11.7. The van der Waals surface area contributed by atoms with Crippen molar-refractivity contribution in [1.29, 1.82) is 0 Å². The topological polar surface area (TPSA) is 75.6 Å². The number of pyridine rings is 1. The molecule has 0 saturated carbocycles. The molecule has 0 radical (unpaired) electrons. The van der Waals surface area contributed by atoms with Crippen LogP contribution in [0, 0.1) is 0 Å². The Hall–Kier alpha value is -4.28. The highest BCUT2D eigenvalue weighted by atomic mass is 19.4. The number of ether oxygens (including phenoxy) is 2. The smallest absolute Gasteiger partial charge is 0.481 e. The molecule has 1 N–H and O–H groups in total. The Labute approximate surface area is 212 Å². The second-order valence-electron chi connectivity index (χ2n) is 8.61. The number of piperazine rings is 1. The number of halogens is 3. The molecule has 2 aromatic heterocycles. The molecule has 1 saturated heterocycles. The first-order valence-electron chi connectivity index (χ1n) is 11.7. The Bertz CT molecular complexity index is 1320. The van der Waals surface area contributed by atoms with Gasteiger partial charge in [-0.05, 0) is 47.5 Å². The molecule has 37 heavy (non-hydrogen) atoms. The molecule has 0 atom stereocenters. The van der Waals surface area contributed by atoms with Gasteiger partial charge in [0.2, 0.25) is 5.88 Å². The number of methoxy groups -OCH3 is 1. The van der Waals surface area contributed by atoms with Crippen molar-refractivity contribution in [2.45, 2.75) is 12.8 Å². The maximum Gasteiger partial charge on any atom is 0.573 e. The van der Waals surface area contributed by atoms with E-state index in [-0.39, 0.29) is 5.75 Å². The molecule has 8 nitrogen and oxygen atoms in total. The number of hydrogen-bond donors (Lipinski definition) is 1. The van der Waals surface area contributed by atoms with Crippen molar-refractivity contribution in [2.75, 3.05) is 43.5 Å². The van der Waals surface area contributed by atoms with E-state index in [0.717, 1.165) is 41.3 Å². The van der Waals surface area contributed by atoms with Gasteiger partial charge < -0.3 is 24.6 Å². The number of allylic oxidation sites excluding steroid dienone is 1. The Morgan fingerprint density at radius 2 is 1.78 bits per heavy atom. The highest BCUT2D eigenvalue weighted by Gasteiger charge is 2.31. The fourth-order valence-electron chi connectivity index (χ4n) is 4.45. The molecular formula is C26H25F3N6O2. The van der Waals surface area contributed by atoms with E-state index < -0.39 is 6.36 Å². The quantitative estimate of drug-likeness (QED) is 0.495. The van der Waals surface area contributed by atoms with E-state index in [1.807, 2.05) is 12.1 Å². The van der Waals surface area contributed by atoms with Gasteiger partial charge in [0, 0.05) is 56.1 Å². The van der Waals surface area contributed by atoms with Gasteiger partial charge in [0.15, 0.2) is 0 Å². The van der Waals surface area contributed by atoms with E-state index in [2.05, 4.69) is 47.5 Å². The summed E-state index contributed by atoms with van der Waals surface area (Å²) >= 11 is 0. The zero-order valence-corrected chi connectivity index (χ0v) is 20.1. The van der Waals surface area contributed by atoms with Crippen LogP contribution in [0.4, 0.5) is 24.7 Å². The first kappa shape index (κ1) is 24.4. The summed E-state index contributed by atoms with van der Waals surface area (Å²) < 4.78 is 46.3. The SMILES string of the molecule is C=C(Nc1ccc(OC(F)(F)F)cc1)N1CCN(c2ncnc3c2C=C(c2ccnc(OC)c2)C3)CC1. The zero-order valence-electron chi connectivity index (χ0n) is 20.1. The van der Waals surface area contributed by atoms with Gasteiger partial charge in [0.1, 0.15) is 17.9 Å². The third-order valence-electron chi connectivity index (χ3n) is 6.27. The normalized spacial score (nSPS) is 15.2. The van der Waals surface area contributed by atoms with Gasteiger partial charge in [0.05, 0.1) is 18.6 Å². The summed E-state index contributed by atoms with van der Waals surface area (Å²) in [7, 11) is 1.60. The molecule has 1 fully saturated rings. The lowest BCUT2D eigenvalue weighted by molar-refractivity contribution is -0.274. The van der Waals surface area contributed by atoms with Crippen LogP contribution in [0.2, 0.25) is 0 Å². The maximum atomic E-state index is 12.4. The monoisotopic (exact) mass is 510 g/mol. The second kappa shape index (κ2) is 10.00. The number of rotatable bonds is 7. The van der Waals surface area contributed by atoms with Crippen LogP contribution >= 0.6 is 0 Å². The van der Waals surface area contributed by atoms with Crippen molar-refractivity contribution in [3.05, 3.63) is 78.1 Å². The van der Waals surface area contributed by atoms with Crippen LogP contribution in [0.15, 0.2) is 61.3 Å². The second-order valence-corrected chi connectivity index (χ2v) is 8.61. The van der Waals surface area contributed by atoms with Crippen LogP contribution < -0.4 is 19.7 Å². The lowest BCUT2D eigenvalue weighted by Crippen LogP contribution is -2.47. The van der Waals surface area contributed by atoms with E-state index in [0.29, 0.717) is 36.9 Å². The third-order valence-corrected chi connectivity index (χ3v) is 6.27. The lowest BCUT2D eigenvalue weighted by atomic mass is 10.1. The lowest BCUT2D eigenvalue weighted by Gasteiger charge is -2.38. The molecular weight excluding hydrogens is 485 g/mol. The number of alkyl halides is 3. The van der Waals surface area contributed by atoms with Gasteiger partial charge in [-0.2, -0.15) is 0 Å². The number of hydrogen-bond acceptors (Lipinski definition) is 8. The van der Waals surface area contributed by atoms with Crippen LogP contribution in [-0.2, 0) is 6.42 Å². The van der Waals surface area contributed by atoms with Gasteiger partial charge >= 0.3 is 6.36 Å². The minimum Gasteiger partial charge on any atom is -0.481 e. The fourth-order valence-corrected chi connectivity index (χ4v) is 4.45. The van der Waals surface area contributed by atoms with Crippen molar-refractivity contribution in [3.8, 4) is 11.6 Å². The maximum absolute atomic E-state index is 12.4. The predicted molar refractivity (Wildman–Crippen MR) is 134 cm³/mol. The number of anilines is 2. The molecule has 5 rings (SSSR count). The van der Waals surface area contributed by atoms with Gasteiger partial charge in [-0.3, -0.25) is 0 Å². The van der Waals surface area contributed by atoms with Gasteiger partial charge in [-0.15, -0.1) is 13.2 Å². The van der Waals surface area contributed by atoms with Crippen molar-refractivity contribution < 1.29 is 22.6 Å². The van der Waals surface area contributed by atoms with Gasteiger partial charge in [-0.25, -0.2) is 15.0 Å². The first-order chi connectivity index (χ1) is 17.8. The number of aromatic nitrogens is 3. The summed E-state index contributed by atoms with van der Waals surface area (Å²) in [6.07, 6.45) is 1.47. The highest BCUT2D eigenvalue weighted by Crippen LogP contribution is 2.36. The molecule has 3 heterocycles. The molecule has 192 valence electrons. The minimum absolute atomic E-state index is 0.269. The summed E-state index contributed by atoms with van der Waals surface area (Å²) in [4.78, 5) is 17.6. The van der Waals surface area contributed by atoms with Crippen LogP contribution in [0.25, 0.3) is 11.6 Å². The Kier molecular flexibility index (Phi) is 6.60. The fraction of sp³-hybridized carbons (Fsp3) is 0.269. The molecule has 0 unspecified atom stereocenters. The number of nitrogens with one attached hydrogen (secondary N) is 1. The van der Waals surface area contributed by atoms with Crippen molar-refractivity contribution in [3.63, 3.8) is 0 Å². The Morgan fingerprint density at radius 1 is 1.03 bits per heavy atom. The average Bonchev–Trinajstić information content (AvgIpc) is 3.34. The Balaban J connectivity index is 1.22. The minimum atomic E-state index is -4.72. The molecule has 3 aromatic rings. The molecule has 1 aromatic carbocycles. The molecule has 0 bridgehead atoms. The number of nitrogens with zero attached hydrogens (tertiary/aromatic N) is 5. The zero-order chi connectivity index (χ0) is 26.0. The summed E-state index contributed by atoms with van der Waals surface area (Å²) in [5, 5.41) is 3.16. The number of benzene rings is 1. The van der Waals surface area contributed by atoms with Crippen LogP contribution in [0.1, 0.15) is 16.8 Å². The highest BCUT2D eigenvalue weighted by molar-refractivity contribution is 5.91. The van der Waals surface area contributed by atoms with Gasteiger partial charge in [-0.1, -0.05) is 6.58 Å². The standard InChI is InChI=1S/C26H25F3N6O2/c1-17(33-20-3-5-21(6-4-20)37-26(27,28)29)34-9-11-35(12-10-34)25-22-13-19(14-23(22)31-16-32-25)18-7-8-30-24(15-18)36-2/h3-8,13,15-16,33H,1,9-12,14H2,2H3. The summed E-state index contributed by atoms with van der Waals surface area (Å²) in [5.74, 6) is 1.87. The van der Waals surface area contributed by atoms with Crippen molar-refractivity contribution in [2.24, 2.45) is 0 Å². The molecule has 1 aliphatic carbocycles. The summed E-state index contributed by atoms with van der Waals surface area (Å²) in [5.41, 5.74) is 4.82. The van der Waals surface area contributed by atoms with E-state index in [1.54, 1.807) is 19.6 Å². The van der Waals surface area contributed by atoms with Crippen molar-refractivity contribution in [1.82, 2.24) is 19.9 Å². The van der Waals surface area contributed by atoms with Crippen LogP contribution in [0.5, 0.6) is 11.6 Å². The molecule has 0 spiro atoms. The summed E-state index contributed by atoms with van der Waals surface area (Å²) in [6.45, 7) is 6.98. The molecule has 1 aliphatic heterocycles.